The van der Waals surface area contributed by atoms with Crippen LogP contribution in [-0.4, -0.2) is 52.6 Å². The molecule has 1 aliphatic heterocycles. The fourth-order valence-corrected chi connectivity index (χ4v) is 3.71. The second kappa shape index (κ2) is 6.45. The highest BCUT2D eigenvalue weighted by molar-refractivity contribution is 5.86. The Labute approximate surface area is 162 Å². The zero-order valence-corrected chi connectivity index (χ0v) is 16.0. The number of aromatic nitrogens is 3. The minimum atomic E-state index is 0.183. The Bertz CT molecular complexity index is 1170. The average molecular weight is 374 g/mol. The van der Waals surface area contributed by atoms with Crippen LogP contribution in [0.2, 0.25) is 0 Å². The smallest absolute Gasteiger partial charge is 0.292 e. The van der Waals surface area contributed by atoms with Crippen molar-refractivity contribution in [3.05, 3.63) is 42.6 Å². The number of benzene rings is 2. The van der Waals surface area contributed by atoms with Gasteiger partial charge in [0.25, 0.3) is 6.01 Å². The zero-order chi connectivity index (χ0) is 19.3. The summed E-state index contributed by atoms with van der Waals surface area (Å²) in [6, 6.07) is 12.7. The van der Waals surface area contributed by atoms with E-state index in [1.54, 1.807) is 0 Å². The van der Waals surface area contributed by atoms with Crippen LogP contribution in [-0.2, 0) is 0 Å². The van der Waals surface area contributed by atoms with E-state index < -0.39 is 0 Å². The highest BCUT2D eigenvalue weighted by Crippen LogP contribution is 2.28. The molecule has 2 aromatic heterocycles. The fraction of sp³-hybridized carbons (Fsp3) is 0.286. The molecule has 1 fully saturated rings. The van der Waals surface area contributed by atoms with Crippen LogP contribution in [0.1, 0.15) is 6.92 Å². The number of fused-ring (bicyclic) bond motifs is 2. The van der Waals surface area contributed by atoms with Gasteiger partial charge in [-0.15, -0.1) is 0 Å². The van der Waals surface area contributed by atoms with Crippen LogP contribution >= 0.6 is 0 Å². The number of hydrogen-bond donors (Lipinski definition) is 1. The van der Waals surface area contributed by atoms with Crippen molar-refractivity contribution in [1.29, 1.82) is 0 Å². The minimum Gasteiger partial charge on any atom is -0.424 e. The zero-order valence-electron chi connectivity index (χ0n) is 16.0. The van der Waals surface area contributed by atoms with Gasteiger partial charge in [0.2, 0.25) is 0 Å². The summed E-state index contributed by atoms with van der Waals surface area (Å²) in [5.41, 5.74) is 11.0. The summed E-state index contributed by atoms with van der Waals surface area (Å²) < 4.78 is 5.36. The molecule has 142 valence electrons. The maximum Gasteiger partial charge on any atom is 0.292 e. The van der Waals surface area contributed by atoms with Crippen molar-refractivity contribution >= 4 is 34.0 Å². The van der Waals surface area contributed by atoms with E-state index in [1.165, 1.54) is 0 Å². The van der Waals surface area contributed by atoms with Gasteiger partial charge in [-0.3, -0.25) is 4.98 Å². The van der Waals surface area contributed by atoms with E-state index in [4.69, 9.17) is 15.1 Å². The summed E-state index contributed by atoms with van der Waals surface area (Å²) in [5.74, 6) is 0.935. The summed E-state index contributed by atoms with van der Waals surface area (Å²) in [6.45, 7) is 5.19. The predicted molar refractivity (Wildman–Crippen MR) is 111 cm³/mol. The molecule has 1 aliphatic rings. The van der Waals surface area contributed by atoms with E-state index in [2.05, 4.69) is 45.9 Å². The van der Waals surface area contributed by atoms with Gasteiger partial charge >= 0.3 is 0 Å². The van der Waals surface area contributed by atoms with Crippen molar-refractivity contribution < 1.29 is 4.42 Å². The summed E-state index contributed by atoms with van der Waals surface area (Å²) in [4.78, 5) is 18.4. The second-order valence-corrected chi connectivity index (χ2v) is 7.44. The van der Waals surface area contributed by atoms with Crippen LogP contribution in [0, 0.1) is 0 Å². The lowest BCUT2D eigenvalue weighted by atomic mass is 10.0. The van der Waals surface area contributed by atoms with E-state index in [1.807, 2.05) is 30.5 Å². The van der Waals surface area contributed by atoms with Crippen molar-refractivity contribution in [3.63, 3.8) is 0 Å². The quantitative estimate of drug-likeness (QED) is 0.577. The van der Waals surface area contributed by atoms with Crippen LogP contribution in [0.3, 0.4) is 0 Å². The van der Waals surface area contributed by atoms with Crippen LogP contribution in [0.5, 0.6) is 0 Å². The van der Waals surface area contributed by atoms with Gasteiger partial charge in [0, 0.05) is 25.7 Å². The maximum absolute atomic E-state index is 5.66. The molecule has 0 saturated carbocycles. The second-order valence-electron chi connectivity index (χ2n) is 7.44. The number of likely N-dealkylation sites (N-methyl/N-ethyl adjacent to an activating group) is 1. The largest absolute Gasteiger partial charge is 0.424 e. The first-order valence-corrected chi connectivity index (χ1v) is 9.45. The topological polar surface area (TPSA) is 84.3 Å². The molecule has 5 rings (SSSR count). The maximum atomic E-state index is 5.66. The highest BCUT2D eigenvalue weighted by Gasteiger charge is 2.22. The molecule has 0 amide bonds. The minimum absolute atomic E-state index is 0.183. The first kappa shape index (κ1) is 16.9. The monoisotopic (exact) mass is 374 g/mol. The van der Waals surface area contributed by atoms with Gasteiger partial charge in [-0.05, 0) is 49.4 Å². The third kappa shape index (κ3) is 2.93. The van der Waals surface area contributed by atoms with Gasteiger partial charge in [0.05, 0.1) is 17.2 Å². The van der Waals surface area contributed by atoms with E-state index in [9.17, 15) is 0 Å². The molecular weight excluding hydrogens is 352 g/mol. The van der Waals surface area contributed by atoms with Gasteiger partial charge in [0.15, 0.2) is 5.58 Å². The molecule has 1 atom stereocenters. The third-order valence-corrected chi connectivity index (χ3v) is 5.55. The molecule has 2 aromatic carbocycles. The van der Waals surface area contributed by atoms with Crippen molar-refractivity contribution in [3.8, 4) is 11.1 Å². The Morgan fingerprint density at radius 1 is 1.00 bits per heavy atom. The van der Waals surface area contributed by atoms with Crippen LogP contribution < -0.4 is 10.6 Å². The van der Waals surface area contributed by atoms with Gasteiger partial charge in [-0.1, -0.05) is 12.1 Å². The SMILES string of the molecule is CC1CN(c2cnc3ccc(-c4ccc5oc(N)nc5c4)cc3n2)CCN1C. The molecule has 0 bridgehead atoms. The van der Waals surface area contributed by atoms with E-state index >= 15 is 0 Å². The Kier molecular flexibility index (Phi) is 3.91. The van der Waals surface area contributed by atoms with Crippen molar-refractivity contribution in [1.82, 2.24) is 19.9 Å². The number of oxazole rings is 1. The van der Waals surface area contributed by atoms with Crippen LogP contribution in [0.25, 0.3) is 33.3 Å². The number of rotatable bonds is 2. The molecule has 1 unspecified atom stereocenters. The molecular formula is C21H22N6O. The van der Waals surface area contributed by atoms with E-state index in [-0.39, 0.29) is 6.01 Å². The molecule has 4 aromatic rings. The average Bonchev–Trinajstić information content (AvgIpc) is 3.08. The van der Waals surface area contributed by atoms with Gasteiger partial charge in [-0.2, -0.15) is 4.98 Å². The van der Waals surface area contributed by atoms with Gasteiger partial charge < -0.3 is 20.0 Å². The van der Waals surface area contributed by atoms with Crippen molar-refractivity contribution in [2.24, 2.45) is 0 Å². The molecule has 7 heteroatoms. The van der Waals surface area contributed by atoms with Gasteiger partial charge in [-0.25, -0.2) is 4.98 Å². The summed E-state index contributed by atoms with van der Waals surface area (Å²) in [7, 11) is 2.17. The molecule has 0 radical (unpaired) electrons. The molecule has 0 spiro atoms. The summed E-state index contributed by atoms with van der Waals surface area (Å²) in [6.07, 6.45) is 1.88. The Morgan fingerprint density at radius 2 is 1.79 bits per heavy atom. The molecule has 3 heterocycles. The lowest BCUT2D eigenvalue weighted by molar-refractivity contribution is 0.233. The normalized spacial score (nSPS) is 18.2. The van der Waals surface area contributed by atoms with Crippen LogP contribution in [0.4, 0.5) is 11.8 Å². The fourth-order valence-electron chi connectivity index (χ4n) is 3.71. The third-order valence-electron chi connectivity index (χ3n) is 5.55. The van der Waals surface area contributed by atoms with Gasteiger partial charge in [0.1, 0.15) is 11.3 Å². The molecule has 2 N–H and O–H groups in total. The Balaban J connectivity index is 1.52. The van der Waals surface area contributed by atoms with E-state index in [0.29, 0.717) is 11.6 Å². The Morgan fingerprint density at radius 3 is 2.61 bits per heavy atom. The summed E-state index contributed by atoms with van der Waals surface area (Å²) >= 11 is 0. The highest BCUT2D eigenvalue weighted by atomic mass is 16.4. The first-order chi connectivity index (χ1) is 13.6. The standard InChI is InChI=1S/C21H22N6O/c1-13-12-27(8-7-26(13)2)20-11-23-16-5-3-14(9-17(16)24-20)15-4-6-19-18(10-15)25-21(22)28-19/h3-6,9-11,13H,7-8,12H2,1-2H3,(H2,22,25). The van der Waals surface area contributed by atoms with Crippen molar-refractivity contribution in [2.75, 3.05) is 37.3 Å². The van der Waals surface area contributed by atoms with E-state index in [0.717, 1.165) is 53.1 Å². The number of hydrogen-bond acceptors (Lipinski definition) is 7. The lowest BCUT2D eigenvalue weighted by Gasteiger charge is -2.38. The molecule has 28 heavy (non-hydrogen) atoms. The molecule has 1 saturated heterocycles. The number of nitrogens with zero attached hydrogens (tertiary/aromatic N) is 5. The molecule has 7 nitrogen and oxygen atoms in total. The number of piperazine rings is 1. The lowest BCUT2D eigenvalue weighted by Crippen LogP contribution is -2.50. The number of nitrogens with two attached hydrogens (primary N) is 1. The Hall–Kier alpha value is -3.19. The van der Waals surface area contributed by atoms with Crippen molar-refractivity contribution in [2.45, 2.75) is 13.0 Å². The molecule has 0 aliphatic carbocycles. The van der Waals surface area contributed by atoms with Crippen LogP contribution in [0.15, 0.2) is 47.0 Å². The number of anilines is 2. The predicted octanol–water partition coefficient (Wildman–Crippen LogP) is 3.16. The first-order valence-electron chi connectivity index (χ1n) is 9.45. The summed E-state index contributed by atoms with van der Waals surface area (Å²) in [5, 5.41) is 0. The number of nitrogen functional groups attached to an aromatic ring is 1.